The zero-order chi connectivity index (χ0) is 21.0. The van der Waals surface area contributed by atoms with E-state index in [0.717, 1.165) is 6.07 Å². The van der Waals surface area contributed by atoms with E-state index < -0.39 is 28.6 Å². The number of benzene rings is 2. The van der Waals surface area contributed by atoms with Crippen LogP contribution in [0.3, 0.4) is 0 Å². The van der Waals surface area contributed by atoms with Crippen molar-refractivity contribution in [2.24, 2.45) is 0 Å². The highest BCUT2D eigenvalue weighted by atomic mass is 16.6. The Kier molecular flexibility index (Phi) is 5.82. The zero-order valence-corrected chi connectivity index (χ0v) is 15.7. The number of anilines is 1. The molecule has 0 saturated carbocycles. The molecule has 3 rings (SSSR count). The van der Waals surface area contributed by atoms with Crippen molar-refractivity contribution < 1.29 is 33.5 Å². The van der Waals surface area contributed by atoms with E-state index in [1.165, 1.54) is 20.1 Å². The maximum atomic E-state index is 12.5. The predicted octanol–water partition coefficient (Wildman–Crippen LogP) is 2.56. The first-order valence-electron chi connectivity index (χ1n) is 8.63. The third-order valence-electron chi connectivity index (χ3n) is 4.10. The third kappa shape index (κ3) is 4.37. The van der Waals surface area contributed by atoms with Crippen molar-refractivity contribution in [1.82, 2.24) is 0 Å². The fraction of sp³-hybridized carbons (Fsp3) is 0.263. The smallest absolute Gasteiger partial charge is 0.346 e. The van der Waals surface area contributed by atoms with Crippen LogP contribution in [0.25, 0.3) is 0 Å². The maximum Gasteiger partial charge on any atom is 0.346 e. The summed E-state index contributed by atoms with van der Waals surface area (Å²) in [5.41, 5.74) is -0.444. The van der Waals surface area contributed by atoms with Crippen molar-refractivity contribution in [3.05, 3.63) is 52.1 Å². The molecule has 10 heteroatoms. The van der Waals surface area contributed by atoms with Gasteiger partial charge < -0.3 is 24.3 Å². The molecule has 1 atom stereocenters. The summed E-state index contributed by atoms with van der Waals surface area (Å²) in [7, 11) is 1.45. The fourth-order valence-electron chi connectivity index (χ4n) is 2.65. The number of nitrogens with one attached hydrogen (secondary N) is 1. The van der Waals surface area contributed by atoms with E-state index in [2.05, 4.69) is 5.32 Å². The number of nitrogens with zero attached hydrogens (tertiary/aromatic N) is 1. The first-order valence-corrected chi connectivity index (χ1v) is 8.63. The number of rotatable bonds is 6. The number of hydrogen-bond donors (Lipinski definition) is 1. The number of carbonyl (C=O) groups excluding carboxylic acids is 2. The van der Waals surface area contributed by atoms with E-state index in [0.29, 0.717) is 11.4 Å². The second-order valence-corrected chi connectivity index (χ2v) is 6.01. The van der Waals surface area contributed by atoms with Crippen LogP contribution >= 0.6 is 0 Å². The summed E-state index contributed by atoms with van der Waals surface area (Å²) < 4.78 is 20.9. The average molecular weight is 402 g/mol. The van der Waals surface area contributed by atoms with Crippen LogP contribution < -0.4 is 19.5 Å². The van der Waals surface area contributed by atoms with Gasteiger partial charge in [0.2, 0.25) is 0 Å². The Hall–Kier alpha value is -3.82. The maximum absolute atomic E-state index is 12.5. The van der Waals surface area contributed by atoms with Crippen molar-refractivity contribution in [1.29, 1.82) is 0 Å². The number of para-hydroxylation sites is 2. The van der Waals surface area contributed by atoms with Gasteiger partial charge in [-0.05, 0) is 19.1 Å². The van der Waals surface area contributed by atoms with Crippen LogP contribution in [0.4, 0.5) is 11.4 Å². The van der Waals surface area contributed by atoms with Gasteiger partial charge in [-0.3, -0.25) is 14.9 Å². The quantitative estimate of drug-likeness (QED) is 0.444. The molecular weight excluding hydrogens is 384 g/mol. The van der Waals surface area contributed by atoms with Gasteiger partial charge in [-0.1, -0.05) is 12.1 Å². The minimum Gasteiger partial charge on any atom is -0.495 e. The number of esters is 1. The molecule has 10 nitrogen and oxygen atoms in total. The number of nitro groups is 1. The molecule has 2 aromatic rings. The molecule has 1 aliphatic heterocycles. The molecule has 152 valence electrons. The Bertz CT molecular complexity index is 959. The molecule has 1 aliphatic rings. The second kappa shape index (κ2) is 8.46. The minimum atomic E-state index is -1.22. The molecule has 0 radical (unpaired) electrons. The Labute approximate surface area is 165 Å². The van der Waals surface area contributed by atoms with Crippen LogP contribution in [0.2, 0.25) is 0 Å². The van der Waals surface area contributed by atoms with Crippen LogP contribution in [0, 0.1) is 10.1 Å². The summed E-state index contributed by atoms with van der Waals surface area (Å²) in [4.78, 5) is 35.5. The molecule has 0 fully saturated rings. The Morgan fingerprint density at radius 1 is 1.17 bits per heavy atom. The largest absolute Gasteiger partial charge is 0.495 e. The SMILES string of the molecule is COc1ccccc1NC(=O)C(C)OC(=O)c1cc2c(cc1[N+](=O)[O-])OCCO2. The van der Waals surface area contributed by atoms with E-state index in [1.807, 2.05) is 0 Å². The fourth-order valence-corrected chi connectivity index (χ4v) is 2.65. The van der Waals surface area contributed by atoms with Gasteiger partial charge in [-0.2, -0.15) is 0 Å². The van der Waals surface area contributed by atoms with Gasteiger partial charge in [0.05, 0.1) is 23.8 Å². The lowest BCUT2D eigenvalue weighted by molar-refractivity contribution is -0.385. The van der Waals surface area contributed by atoms with E-state index >= 15 is 0 Å². The van der Waals surface area contributed by atoms with Gasteiger partial charge in [0.15, 0.2) is 17.6 Å². The summed E-state index contributed by atoms with van der Waals surface area (Å²) in [5.74, 6) is -0.859. The van der Waals surface area contributed by atoms with E-state index in [4.69, 9.17) is 18.9 Å². The van der Waals surface area contributed by atoms with Crippen molar-refractivity contribution >= 4 is 23.3 Å². The molecule has 0 saturated heterocycles. The lowest BCUT2D eigenvalue weighted by Gasteiger charge is -2.19. The Balaban J connectivity index is 1.77. The van der Waals surface area contributed by atoms with Gasteiger partial charge in [0.1, 0.15) is 24.5 Å². The first-order chi connectivity index (χ1) is 13.9. The summed E-state index contributed by atoms with van der Waals surface area (Å²) in [6.07, 6.45) is -1.22. The summed E-state index contributed by atoms with van der Waals surface area (Å²) >= 11 is 0. The van der Waals surface area contributed by atoms with Gasteiger partial charge in [0.25, 0.3) is 11.6 Å². The van der Waals surface area contributed by atoms with Crippen LogP contribution in [0.1, 0.15) is 17.3 Å². The number of methoxy groups -OCH3 is 1. The number of hydrogen-bond acceptors (Lipinski definition) is 8. The molecule has 0 spiro atoms. The highest BCUT2D eigenvalue weighted by Crippen LogP contribution is 2.37. The molecule has 1 unspecified atom stereocenters. The first kappa shape index (κ1) is 19.9. The number of amides is 1. The number of fused-ring (bicyclic) bond motifs is 1. The molecule has 1 N–H and O–H groups in total. The Morgan fingerprint density at radius 2 is 1.83 bits per heavy atom. The predicted molar refractivity (Wildman–Crippen MR) is 101 cm³/mol. The molecule has 29 heavy (non-hydrogen) atoms. The monoisotopic (exact) mass is 402 g/mol. The summed E-state index contributed by atoms with van der Waals surface area (Å²) in [6.45, 7) is 1.84. The molecule has 1 heterocycles. The van der Waals surface area contributed by atoms with Gasteiger partial charge in [-0.25, -0.2) is 4.79 Å². The van der Waals surface area contributed by atoms with Gasteiger partial charge >= 0.3 is 5.97 Å². The highest BCUT2D eigenvalue weighted by molar-refractivity contribution is 6.00. The summed E-state index contributed by atoms with van der Waals surface area (Å²) in [6, 6.07) is 9.00. The average Bonchev–Trinajstić information content (AvgIpc) is 2.72. The van der Waals surface area contributed by atoms with Crippen molar-refractivity contribution in [2.75, 3.05) is 25.6 Å². The van der Waals surface area contributed by atoms with Gasteiger partial charge in [0, 0.05) is 6.07 Å². The van der Waals surface area contributed by atoms with E-state index in [1.54, 1.807) is 24.3 Å². The molecule has 2 aromatic carbocycles. The van der Waals surface area contributed by atoms with Crippen LogP contribution in [-0.2, 0) is 9.53 Å². The number of carbonyl (C=O) groups is 2. The van der Waals surface area contributed by atoms with E-state index in [9.17, 15) is 19.7 Å². The third-order valence-corrected chi connectivity index (χ3v) is 4.10. The topological polar surface area (TPSA) is 126 Å². The van der Waals surface area contributed by atoms with Crippen LogP contribution in [0.15, 0.2) is 36.4 Å². The number of ether oxygens (including phenoxy) is 4. The van der Waals surface area contributed by atoms with Crippen molar-refractivity contribution in [3.8, 4) is 17.2 Å². The molecular formula is C19H18N2O8. The summed E-state index contributed by atoms with van der Waals surface area (Å²) in [5, 5.41) is 13.9. The number of nitro benzene ring substituents is 1. The van der Waals surface area contributed by atoms with Crippen LogP contribution in [-0.4, -0.2) is 43.2 Å². The highest BCUT2D eigenvalue weighted by Gasteiger charge is 2.29. The minimum absolute atomic E-state index is 0.168. The standard InChI is InChI=1S/C19H18N2O8/c1-11(18(22)20-13-5-3-4-6-15(13)26-2)29-19(23)12-9-16-17(28-8-7-27-16)10-14(12)21(24)25/h3-6,9-11H,7-8H2,1-2H3,(H,20,22). The normalized spacial score (nSPS) is 13.2. The van der Waals surface area contributed by atoms with Crippen molar-refractivity contribution in [2.45, 2.75) is 13.0 Å². The lowest BCUT2D eigenvalue weighted by atomic mass is 10.1. The van der Waals surface area contributed by atoms with Crippen LogP contribution in [0.5, 0.6) is 17.2 Å². The Morgan fingerprint density at radius 3 is 2.48 bits per heavy atom. The molecule has 0 aliphatic carbocycles. The van der Waals surface area contributed by atoms with E-state index in [-0.39, 0.29) is 30.3 Å². The zero-order valence-electron chi connectivity index (χ0n) is 15.7. The molecule has 0 aromatic heterocycles. The van der Waals surface area contributed by atoms with Crippen molar-refractivity contribution in [3.63, 3.8) is 0 Å². The molecule has 0 bridgehead atoms. The second-order valence-electron chi connectivity index (χ2n) is 6.01. The lowest BCUT2D eigenvalue weighted by Crippen LogP contribution is -2.30. The molecule has 1 amide bonds. The van der Waals surface area contributed by atoms with Gasteiger partial charge in [-0.15, -0.1) is 0 Å².